The van der Waals surface area contributed by atoms with Gasteiger partial charge < -0.3 is 10.1 Å². The first kappa shape index (κ1) is 16.3. The van der Waals surface area contributed by atoms with Crippen LogP contribution in [-0.4, -0.2) is 37.0 Å². The smallest absolute Gasteiger partial charge is 0.330 e. The number of alkyl halides is 4. The van der Waals surface area contributed by atoms with E-state index in [2.05, 4.69) is 15.0 Å². The van der Waals surface area contributed by atoms with E-state index in [0.29, 0.717) is 5.01 Å². The van der Waals surface area contributed by atoms with Crippen LogP contribution in [0.15, 0.2) is 5.38 Å². The van der Waals surface area contributed by atoms with Crippen molar-refractivity contribution in [3.8, 4) is 0 Å². The number of hydrogen-bond acceptors (Lipinski definition) is 4. The van der Waals surface area contributed by atoms with Crippen molar-refractivity contribution in [3.63, 3.8) is 0 Å². The van der Waals surface area contributed by atoms with Gasteiger partial charge in [-0.2, -0.15) is 8.78 Å². The molecule has 0 spiro atoms. The molecule has 3 nitrogen and oxygen atoms in total. The maximum Gasteiger partial charge on any atom is 0.330 e. The zero-order valence-electron chi connectivity index (χ0n) is 10.5. The van der Waals surface area contributed by atoms with Crippen LogP contribution in [-0.2, 0) is 17.8 Å². The first-order valence-electron chi connectivity index (χ1n) is 5.83. The lowest BCUT2D eigenvalue weighted by Crippen LogP contribution is -2.32. The third-order valence-corrected chi connectivity index (χ3v) is 3.12. The Bertz CT molecular complexity index is 373. The van der Waals surface area contributed by atoms with E-state index in [9.17, 15) is 17.6 Å². The Hall–Kier alpha value is -0.730. The number of thiazole rings is 1. The van der Waals surface area contributed by atoms with E-state index in [0.717, 1.165) is 25.2 Å². The molecule has 1 rings (SSSR count). The Labute approximate surface area is 113 Å². The second kappa shape index (κ2) is 7.76. The molecule has 0 saturated carbocycles. The molecule has 0 aliphatic heterocycles. The van der Waals surface area contributed by atoms with Crippen molar-refractivity contribution >= 4 is 11.3 Å². The molecule has 0 amide bonds. The molecule has 0 atom stereocenters. The van der Waals surface area contributed by atoms with Crippen molar-refractivity contribution in [2.75, 3.05) is 19.7 Å². The van der Waals surface area contributed by atoms with Crippen LogP contribution in [0.25, 0.3) is 0 Å². The third-order valence-electron chi connectivity index (χ3n) is 2.25. The SMILES string of the molecule is CCNCCc1csc(COCC(F)(F)C(F)F)n1. The van der Waals surface area contributed by atoms with Gasteiger partial charge in [0.1, 0.15) is 11.6 Å². The zero-order valence-corrected chi connectivity index (χ0v) is 11.3. The Kier molecular flexibility index (Phi) is 6.67. The molecule has 0 bridgehead atoms. The molecule has 1 aromatic rings. The summed E-state index contributed by atoms with van der Waals surface area (Å²) in [5.41, 5.74) is 0.838. The highest BCUT2D eigenvalue weighted by molar-refractivity contribution is 7.09. The summed E-state index contributed by atoms with van der Waals surface area (Å²) < 4.78 is 53.4. The van der Waals surface area contributed by atoms with Crippen LogP contribution >= 0.6 is 11.3 Å². The first-order chi connectivity index (χ1) is 8.95. The fourth-order valence-corrected chi connectivity index (χ4v) is 2.02. The zero-order chi connectivity index (χ0) is 14.3. The molecule has 0 fully saturated rings. The highest BCUT2D eigenvalue weighted by atomic mass is 32.1. The predicted octanol–water partition coefficient (Wildman–Crippen LogP) is 2.71. The van der Waals surface area contributed by atoms with Crippen molar-refractivity contribution < 1.29 is 22.3 Å². The quantitative estimate of drug-likeness (QED) is 0.562. The third kappa shape index (κ3) is 5.84. The summed E-state index contributed by atoms with van der Waals surface area (Å²) in [6, 6.07) is 0. The minimum Gasteiger partial charge on any atom is -0.368 e. The molecule has 1 aromatic heterocycles. The topological polar surface area (TPSA) is 34.1 Å². The molecule has 0 saturated heterocycles. The maximum absolute atomic E-state index is 12.6. The predicted molar refractivity (Wildman–Crippen MR) is 65.0 cm³/mol. The van der Waals surface area contributed by atoms with Gasteiger partial charge in [-0.1, -0.05) is 6.92 Å². The average Bonchev–Trinajstić information content (AvgIpc) is 2.77. The van der Waals surface area contributed by atoms with Gasteiger partial charge in [0, 0.05) is 18.3 Å². The summed E-state index contributed by atoms with van der Waals surface area (Å²) in [7, 11) is 0. The molecule has 0 aromatic carbocycles. The number of aromatic nitrogens is 1. The molecule has 0 aliphatic rings. The first-order valence-corrected chi connectivity index (χ1v) is 6.71. The molecule has 1 N–H and O–H groups in total. The van der Waals surface area contributed by atoms with Crippen molar-refractivity contribution in [1.29, 1.82) is 0 Å². The van der Waals surface area contributed by atoms with Gasteiger partial charge in [-0.25, -0.2) is 13.8 Å². The van der Waals surface area contributed by atoms with E-state index in [1.54, 1.807) is 5.38 Å². The molecule has 8 heteroatoms. The number of nitrogens with one attached hydrogen (secondary N) is 1. The van der Waals surface area contributed by atoms with E-state index in [1.807, 2.05) is 6.92 Å². The molecule has 19 heavy (non-hydrogen) atoms. The van der Waals surface area contributed by atoms with Gasteiger partial charge in [0.2, 0.25) is 0 Å². The Balaban J connectivity index is 2.30. The Morgan fingerprint density at radius 2 is 2.21 bits per heavy atom. The van der Waals surface area contributed by atoms with Crippen LogP contribution in [0.3, 0.4) is 0 Å². The lowest BCUT2D eigenvalue weighted by molar-refractivity contribution is -0.168. The number of likely N-dealkylation sites (N-methyl/N-ethyl adjacent to an activating group) is 1. The van der Waals surface area contributed by atoms with Crippen LogP contribution in [0, 0.1) is 0 Å². The van der Waals surface area contributed by atoms with Crippen LogP contribution in [0.2, 0.25) is 0 Å². The van der Waals surface area contributed by atoms with Crippen LogP contribution in [0.4, 0.5) is 17.6 Å². The summed E-state index contributed by atoms with van der Waals surface area (Å²) >= 11 is 1.27. The summed E-state index contributed by atoms with van der Waals surface area (Å²) in [6.45, 7) is 2.17. The van der Waals surface area contributed by atoms with Crippen molar-refractivity contribution in [3.05, 3.63) is 16.1 Å². The fourth-order valence-electron chi connectivity index (χ4n) is 1.26. The molecule has 1 heterocycles. The molecular weight excluding hydrogens is 284 g/mol. The van der Waals surface area contributed by atoms with Crippen LogP contribution < -0.4 is 5.32 Å². The van der Waals surface area contributed by atoms with Gasteiger partial charge in [-0.3, -0.25) is 0 Å². The van der Waals surface area contributed by atoms with Crippen LogP contribution in [0.5, 0.6) is 0 Å². The maximum atomic E-state index is 12.6. The van der Waals surface area contributed by atoms with Gasteiger partial charge in [0.05, 0.1) is 12.3 Å². The van der Waals surface area contributed by atoms with Crippen molar-refractivity contribution in [1.82, 2.24) is 10.3 Å². The summed E-state index contributed by atoms with van der Waals surface area (Å²) in [5, 5.41) is 5.45. The number of halogens is 4. The van der Waals surface area contributed by atoms with E-state index >= 15 is 0 Å². The molecule has 110 valence electrons. The van der Waals surface area contributed by atoms with E-state index < -0.39 is 19.0 Å². The van der Waals surface area contributed by atoms with Gasteiger partial charge >= 0.3 is 12.3 Å². The lowest BCUT2D eigenvalue weighted by Gasteiger charge is -2.14. The van der Waals surface area contributed by atoms with E-state index in [-0.39, 0.29) is 6.61 Å². The normalized spacial score (nSPS) is 12.3. The van der Waals surface area contributed by atoms with Crippen molar-refractivity contribution in [2.45, 2.75) is 32.3 Å². The summed E-state index contributed by atoms with van der Waals surface area (Å²) in [6.07, 6.45) is -2.98. The van der Waals surface area contributed by atoms with Gasteiger partial charge in [-0.05, 0) is 6.54 Å². The van der Waals surface area contributed by atoms with Gasteiger partial charge in [0.15, 0.2) is 0 Å². The van der Waals surface area contributed by atoms with Gasteiger partial charge in [0.25, 0.3) is 0 Å². The standard InChI is InChI=1S/C11H16F4N2OS/c1-2-16-4-3-8-6-19-9(17-8)5-18-7-11(14,15)10(12)13/h6,10,16H,2-5,7H2,1H3. The lowest BCUT2D eigenvalue weighted by atomic mass is 10.3. The number of ether oxygens (including phenoxy) is 1. The molecule has 0 aliphatic carbocycles. The minimum absolute atomic E-state index is 0.172. The second-order valence-electron chi connectivity index (χ2n) is 3.89. The van der Waals surface area contributed by atoms with Crippen LogP contribution in [0.1, 0.15) is 17.6 Å². The van der Waals surface area contributed by atoms with Crippen molar-refractivity contribution in [2.24, 2.45) is 0 Å². The Morgan fingerprint density at radius 3 is 2.84 bits per heavy atom. The Morgan fingerprint density at radius 1 is 1.47 bits per heavy atom. The van der Waals surface area contributed by atoms with E-state index in [1.165, 1.54) is 11.3 Å². The van der Waals surface area contributed by atoms with E-state index in [4.69, 9.17) is 0 Å². The monoisotopic (exact) mass is 300 g/mol. The minimum atomic E-state index is -4.11. The second-order valence-corrected chi connectivity index (χ2v) is 4.83. The number of rotatable bonds is 9. The fraction of sp³-hybridized carbons (Fsp3) is 0.727. The highest BCUT2D eigenvalue weighted by Crippen LogP contribution is 2.23. The highest BCUT2D eigenvalue weighted by Gasteiger charge is 2.40. The average molecular weight is 300 g/mol. The number of nitrogens with zero attached hydrogens (tertiary/aromatic N) is 1. The molecule has 0 unspecified atom stereocenters. The summed E-state index contributed by atoms with van der Waals surface area (Å²) in [5.74, 6) is -4.11. The summed E-state index contributed by atoms with van der Waals surface area (Å²) in [4.78, 5) is 4.17. The number of hydrogen-bond donors (Lipinski definition) is 1. The van der Waals surface area contributed by atoms with Gasteiger partial charge in [-0.15, -0.1) is 11.3 Å². The molecule has 0 radical (unpaired) electrons. The molecular formula is C11H16F4N2OS. The largest absolute Gasteiger partial charge is 0.368 e.